The minimum atomic E-state index is -0.250. The van der Waals surface area contributed by atoms with Gasteiger partial charge in [-0.1, -0.05) is 78.6 Å². The zero-order valence-electron chi connectivity index (χ0n) is 18.6. The number of nitrogens with zero attached hydrogens (tertiary/aromatic N) is 1. The Kier molecular flexibility index (Phi) is 23.9. The van der Waals surface area contributed by atoms with Crippen molar-refractivity contribution in [2.75, 3.05) is 26.7 Å². The number of hydrogen-bond donors (Lipinski definition) is 1. The lowest BCUT2D eigenvalue weighted by atomic mass is 10.1. The smallest absolute Gasteiger partial charge is 0.290 e. The molecule has 158 valence electrons. The first kappa shape index (κ1) is 27.6. The van der Waals surface area contributed by atoms with Crippen LogP contribution in [0.1, 0.15) is 117 Å². The van der Waals surface area contributed by atoms with Crippen LogP contribution in [-0.2, 0) is 4.79 Å². The van der Waals surface area contributed by atoms with Gasteiger partial charge in [0.05, 0.1) is 26.7 Å². The molecule has 0 amide bonds. The fraction of sp³-hybridized carbons (Fsp3) is 0.957. The standard InChI is InChI=1S/C22H48N.CH2O2/c1-5-8-11-14-17-20-23(4,21-18-15-12-9-6-2)22-19-16-13-10-7-3;2-1-3/h5-22H2,1-4H3;1H,(H,2,3)/q+1;. The lowest BCUT2D eigenvalue weighted by Crippen LogP contribution is -2.46. The summed E-state index contributed by atoms with van der Waals surface area (Å²) in [5.74, 6) is 0. The van der Waals surface area contributed by atoms with Crippen LogP contribution in [0.2, 0.25) is 0 Å². The zero-order chi connectivity index (χ0) is 19.9. The Balaban J connectivity index is 0. The summed E-state index contributed by atoms with van der Waals surface area (Å²) in [5.41, 5.74) is 0. The molecule has 0 saturated heterocycles. The molecule has 1 N–H and O–H groups in total. The van der Waals surface area contributed by atoms with Crippen LogP contribution in [0.3, 0.4) is 0 Å². The van der Waals surface area contributed by atoms with Gasteiger partial charge < -0.3 is 9.59 Å². The third-order valence-electron chi connectivity index (χ3n) is 5.40. The maximum Gasteiger partial charge on any atom is 0.290 e. The van der Waals surface area contributed by atoms with E-state index in [4.69, 9.17) is 9.90 Å². The lowest BCUT2D eigenvalue weighted by molar-refractivity contribution is -0.910. The van der Waals surface area contributed by atoms with Crippen molar-refractivity contribution < 1.29 is 14.4 Å². The first-order valence-corrected chi connectivity index (χ1v) is 11.5. The quantitative estimate of drug-likeness (QED) is 0.159. The second kappa shape index (κ2) is 22.5. The summed E-state index contributed by atoms with van der Waals surface area (Å²) >= 11 is 0. The molecule has 0 spiro atoms. The maximum atomic E-state index is 8.36. The van der Waals surface area contributed by atoms with Crippen LogP contribution in [0.4, 0.5) is 0 Å². The second-order valence-corrected chi connectivity index (χ2v) is 8.14. The highest BCUT2D eigenvalue weighted by Crippen LogP contribution is 2.15. The third-order valence-corrected chi connectivity index (χ3v) is 5.40. The Hall–Kier alpha value is -0.570. The molecular formula is C23H50NO2+. The molecule has 0 aliphatic heterocycles. The van der Waals surface area contributed by atoms with Gasteiger partial charge >= 0.3 is 0 Å². The summed E-state index contributed by atoms with van der Waals surface area (Å²) in [6, 6.07) is 0. The molecule has 0 atom stereocenters. The fourth-order valence-corrected chi connectivity index (χ4v) is 3.63. The van der Waals surface area contributed by atoms with Crippen LogP contribution < -0.4 is 0 Å². The van der Waals surface area contributed by atoms with Crippen molar-refractivity contribution in [2.24, 2.45) is 0 Å². The molecule has 0 radical (unpaired) electrons. The topological polar surface area (TPSA) is 37.3 Å². The van der Waals surface area contributed by atoms with E-state index < -0.39 is 0 Å². The molecule has 0 unspecified atom stereocenters. The Morgan fingerprint density at radius 1 is 0.577 bits per heavy atom. The molecule has 0 bridgehead atoms. The van der Waals surface area contributed by atoms with Crippen molar-refractivity contribution in [1.29, 1.82) is 0 Å². The molecule has 0 heterocycles. The molecular weight excluding hydrogens is 322 g/mol. The van der Waals surface area contributed by atoms with Crippen LogP contribution in [0, 0.1) is 0 Å². The van der Waals surface area contributed by atoms with Crippen molar-refractivity contribution in [1.82, 2.24) is 0 Å². The fourth-order valence-electron chi connectivity index (χ4n) is 3.63. The summed E-state index contributed by atoms with van der Waals surface area (Å²) in [4.78, 5) is 8.36. The van der Waals surface area contributed by atoms with Gasteiger partial charge in [0.2, 0.25) is 0 Å². The Morgan fingerprint density at radius 2 is 0.808 bits per heavy atom. The molecule has 0 saturated carbocycles. The zero-order valence-corrected chi connectivity index (χ0v) is 18.6. The number of carboxylic acid groups (broad SMARTS) is 1. The molecule has 0 aliphatic rings. The van der Waals surface area contributed by atoms with Gasteiger partial charge in [0.1, 0.15) is 0 Å². The lowest BCUT2D eigenvalue weighted by Gasteiger charge is -2.35. The average molecular weight is 373 g/mol. The predicted molar refractivity (Wildman–Crippen MR) is 116 cm³/mol. The Morgan fingerprint density at radius 3 is 1.04 bits per heavy atom. The van der Waals surface area contributed by atoms with Crippen LogP contribution in [0.15, 0.2) is 0 Å². The first-order chi connectivity index (χ1) is 12.6. The minimum absolute atomic E-state index is 0.250. The van der Waals surface area contributed by atoms with E-state index in [1.54, 1.807) is 0 Å². The van der Waals surface area contributed by atoms with Gasteiger partial charge in [0, 0.05) is 0 Å². The van der Waals surface area contributed by atoms with Gasteiger partial charge in [-0.15, -0.1) is 0 Å². The van der Waals surface area contributed by atoms with E-state index in [0.29, 0.717) is 0 Å². The van der Waals surface area contributed by atoms with E-state index in [1.165, 1.54) is 120 Å². The summed E-state index contributed by atoms with van der Waals surface area (Å²) in [5, 5.41) is 6.89. The average Bonchev–Trinajstić information content (AvgIpc) is 2.62. The maximum absolute atomic E-state index is 8.36. The highest BCUT2D eigenvalue weighted by atomic mass is 16.3. The summed E-state index contributed by atoms with van der Waals surface area (Å²) in [6.45, 7) is 11.0. The minimum Gasteiger partial charge on any atom is -0.483 e. The molecule has 3 heteroatoms. The van der Waals surface area contributed by atoms with Gasteiger partial charge in [0.25, 0.3) is 6.47 Å². The van der Waals surface area contributed by atoms with E-state index in [1.807, 2.05) is 0 Å². The highest BCUT2D eigenvalue weighted by Gasteiger charge is 2.19. The van der Waals surface area contributed by atoms with Crippen LogP contribution in [0.25, 0.3) is 0 Å². The van der Waals surface area contributed by atoms with E-state index in [0.717, 1.165) is 0 Å². The van der Waals surface area contributed by atoms with Crippen molar-refractivity contribution in [3.05, 3.63) is 0 Å². The SMILES string of the molecule is CCCCCCC[N+](C)(CCCCCCC)CCCCCCC.O=CO. The molecule has 0 rings (SSSR count). The van der Waals surface area contributed by atoms with Crippen molar-refractivity contribution in [3.8, 4) is 0 Å². The van der Waals surface area contributed by atoms with E-state index >= 15 is 0 Å². The van der Waals surface area contributed by atoms with Crippen molar-refractivity contribution in [2.45, 2.75) is 117 Å². The summed E-state index contributed by atoms with van der Waals surface area (Å²) < 4.78 is 1.35. The monoisotopic (exact) mass is 372 g/mol. The molecule has 0 fully saturated rings. The van der Waals surface area contributed by atoms with Gasteiger partial charge in [0.15, 0.2) is 0 Å². The number of carbonyl (C=O) groups is 1. The van der Waals surface area contributed by atoms with E-state index in [9.17, 15) is 0 Å². The Bertz CT molecular complexity index is 233. The third kappa shape index (κ3) is 21.5. The largest absolute Gasteiger partial charge is 0.483 e. The molecule has 0 aromatic rings. The first-order valence-electron chi connectivity index (χ1n) is 11.5. The van der Waals surface area contributed by atoms with Crippen LogP contribution in [0.5, 0.6) is 0 Å². The van der Waals surface area contributed by atoms with Crippen LogP contribution >= 0.6 is 0 Å². The summed E-state index contributed by atoms with van der Waals surface area (Å²) in [6.07, 6.45) is 21.4. The van der Waals surface area contributed by atoms with Crippen LogP contribution in [-0.4, -0.2) is 42.7 Å². The van der Waals surface area contributed by atoms with Gasteiger partial charge in [-0.3, -0.25) is 4.79 Å². The van der Waals surface area contributed by atoms with E-state index in [2.05, 4.69) is 27.8 Å². The van der Waals surface area contributed by atoms with Crippen molar-refractivity contribution >= 4 is 6.47 Å². The molecule has 3 nitrogen and oxygen atoms in total. The number of unbranched alkanes of at least 4 members (excludes halogenated alkanes) is 12. The normalized spacial score (nSPS) is 11.1. The van der Waals surface area contributed by atoms with E-state index in [-0.39, 0.29) is 6.47 Å². The molecule has 0 aliphatic carbocycles. The Labute approximate surface area is 165 Å². The summed E-state index contributed by atoms with van der Waals surface area (Å²) in [7, 11) is 2.54. The molecule has 0 aromatic carbocycles. The second-order valence-electron chi connectivity index (χ2n) is 8.14. The molecule has 0 aromatic heterocycles. The van der Waals surface area contributed by atoms with Crippen molar-refractivity contribution in [3.63, 3.8) is 0 Å². The number of hydrogen-bond acceptors (Lipinski definition) is 1. The van der Waals surface area contributed by atoms with Gasteiger partial charge in [-0.25, -0.2) is 0 Å². The predicted octanol–water partition coefficient (Wildman–Crippen LogP) is 7.05. The number of rotatable bonds is 18. The number of quaternary nitrogens is 1. The highest BCUT2D eigenvalue weighted by molar-refractivity contribution is 5.32. The van der Waals surface area contributed by atoms with Gasteiger partial charge in [-0.05, 0) is 38.5 Å². The van der Waals surface area contributed by atoms with Gasteiger partial charge in [-0.2, -0.15) is 0 Å². The molecule has 26 heavy (non-hydrogen) atoms.